The molecule has 0 saturated heterocycles. The minimum absolute atomic E-state index is 0.0539. The monoisotopic (exact) mass is 396 g/mol. The van der Waals surface area contributed by atoms with Crippen LogP contribution in [0, 0.1) is 11.3 Å². The van der Waals surface area contributed by atoms with Crippen molar-refractivity contribution in [2.45, 2.75) is 64.7 Å². The van der Waals surface area contributed by atoms with Gasteiger partial charge in [-0.25, -0.2) is 0 Å². The summed E-state index contributed by atoms with van der Waals surface area (Å²) >= 11 is 1.57. The van der Waals surface area contributed by atoms with Gasteiger partial charge in [-0.05, 0) is 60.8 Å². The van der Waals surface area contributed by atoms with Gasteiger partial charge in [0.2, 0.25) is 5.91 Å². The second-order valence-corrected chi connectivity index (χ2v) is 9.41. The summed E-state index contributed by atoms with van der Waals surface area (Å²) in [5.41, 5.74) is 3.21. The number of ether oxygens (including phenoxy) is 1. The zero-order chi connectivity index (χ0) is 20.1. The van der Waals surface area contributed by atoms with Crippen molar-refractivity contribution in [3.05, 3.63) is 45.8 Å². The highest BCUT2D eigenvalue weighted by atomic mass is 32.1. The van der Waals surface area contributed by atoms with Gasteiger partial charge in [0, 0.05) is 11.3 Å². The van der Waals surface area contributed by atoms with Gasteiger partial charge in [-0.2, -0.15) is 5.26 Å². The molecule has 0 spiro atoms. The predicted molar refractivity (Wildman–Crippen MR) is 114 cm³/mol. The molecular weight excluding hydrogens is 368 g/mol. The van der Waals surface area contributed by atoms with E-state index in [1.807, 2.05) is 12.1 Å². The second-order valence-electron chi connectivity index (χ2n) is 8.30. The summed E-state index contributed by atoms with van der Waals surface area (Å²) in [6.45, 7) is 7.05. The maximum atomic E-state index is 12.3. The fraction of sp³-hybridized carbons (Fsp3) is 0.478. The van der Waals surface area contributed by atoms with Crippen molar-refractivity contribution in [1.82, 2.24) is 0 Å². The molecule has 1 aromatic carbocycles. The molecule has 4 nitrogen and oxygen atoms in total. The van der Waals surface area contributed by atoms with E-state index in [1.165, 1.54) is 16.9 Å². The first kappa shape index (κ1) is 20.4. The number of nitrogens with zero attached hydrogens (tertiary/aromatic N) is 1. The SMILES string of the molecule is CC(C)(C)c1ccc(OCCCC(=O)Nc2sc3c(c2C#N)CCCC3)cc1. The molecule has 2 aromatic rings. The fourth-order valence-corrected chi connectivity index (χ4v) is 4.69. The Hall–Kier alpha value is -2.32. The number of carbonyl (C=O) groups excluding carboxylic acids is 1. The van der Waals surface area contributed by atoms with Crippen LogP contribution in [0.4, 0.5) is 5.00 Å². The Kier molecular flexibility index (Phi) is 6.41. The molecule has 1 aliphatic carbocycles. The lowest BCUT2D eigenvalue weighted by Gasteiger charge is -2.19. The van der Waals surface area contributed by atoms with Crippen LogP contribution in [0.5, 0.6) is 5.75 Å². The molecule has 3 rings (SSSR count). The molecule has 0 fully saturated rings. The average Bonchev–Trinajstić information content (AvgIpc) is 3.01. The van der Waals surface area contributed by atoms with E-state index in [4.69, 9.17) is 4.74 Å². The number of fused-ring (bicyclic) bond motifs is 1. The van der Waals surface area contributed by atoms with Crippen LogP contribution in [0.25, 0.3) is 0 Å². The van der Waals surface area contributed by atoms with Crippen LogP contribution in [0.1, 0.15) is 68.0 Å². The summed E-state index contributed by atoms with van der Waals surface area (Å²) in [7, 11) is 0. The van der Waals surface area contributed by atoms with Gasteiger partial charge < -0.3 is 10.1 Å². The number of carbonyl (C=O) groups is 1. The Labute approximate surface area is 171 Å². The summed E-state index contributed by atoms with van der Waals surface area (Å²) in [6.07, 6.45) is 5.28. The smallest absolute Gasteiger partial charge is 0.225 e. The largest absolute Gasteiger partial charge is 0.494 e. The van der Waals surface area contributed by atoms with Gasteiger partial charge in [0.15, 0.2) is 0 Å². The van der Waals surface area contributed by atoms with E-state index < -0.39 is 0 Å². The van der Waals surface area contributed by atoms with Crippen molar-refractivity contribution in [3.63, 3.8) is 0 Å². The van der Waals surface area contributed by atoms with E-state index in [9.17, 15) is 10.1 Å². The van der Waals surface area contributed by atoms with Gasteiger partial charge in [0.25, 0.3) is 0 Å². The van der Waals surface area contributed by atoms with Gasteiger partial charge >= 0.3 is 0 Å². The molecule has 1 aliphatic rings. The van der Waals surface area contributed by atoms with Crippen molar-refractivity contribution in [3.8, 4) is 11.8 Å². The molecule has 0 atom stereocenters. The third-order valence-corrected chi connectivity index (χ3v) is 6.28. The molecule has 5 heteroatoms. The highest BCUT2D eigenvalue weighted by molar-refractivity contribution is 7.16. The number of hydrogen-bond acceptors (Lipinski definition) is 4. The third-order valence-electron chi connectivity index (χ3n) is 5.07. The molecule has 0 unspecified atom stereocenters. The van der Waals surface area contributed by atoms with E-state index in [0.717, 1.165) is 35.6 Å². The number of amides is 1. The Balaban J connectivity index is 1.47. The Bertz CT molecular complexity index is 870. The quantitative estimate of drug-likeness (QED) is 0.647. The molecule has 1 N–H and O–H groups in total. The van der Waals surface area contributed by atoms with Crippen LogP contribution in [0.15, 0.2) is 24.3 Å². The van der Waals surface area contributed by atoms with Crippen LogP contribution < -0.4 is 10.1 Å². The number of nitrogens with one attached hydrogen (secondary N) is 1. The zero-order valence-electron chi connectivity index (χ0n) is 16.9. The Morgan fingerprint density at radius 3 is 2.61 bits per heavy atom. The first-order valence-electron chi connectivity index (χ1n) is 9.96. The highest BCUT2D eigenvalue weighted by Gasteiger charge is 2.21. The number of aryl methyl sites for hydroxylation is 1. The maximum absolute atomic E-state index is 12.3. The molecule has 0 saturated carbocycles. The zero-order valence-corrected chi connectivity index (χ0v) is 17.7. The minimum Gasteiger partial charge on any atom is -0.494 e. The summed E-state index contributed by atoms with van der Waals surface area (Å²) in [5.74, 6) is 0.771. The van der Waals surface area contributed by atoms with Crippen LogP contribution >= 0.6 is 11.3 Å². The van der Waals surface area contributed by atoms with Crippen molar-refractivity contribution < 1.29 is 9.53 Å². The van der Waals surface area contributed by atoms with Gasteiger partial charge in [0.1, 0.15) is 16.8 Å². The second kappa shape index (κ2) is 8.79. The molecule has 148 valence electrons. The topological polar surface area (TPSA) is 62.1 Å². The van der Waals surface area contributed by atoms with E-state index in [-0.39, 0.29) is 11.3 Å². The number of thiophene rings is 1. The van der Waals surface area contributed by atoms with Crippen molar-refractivity contribution in [1.29, 1.82) is 5.26 Å². The first-order valence-corrected chi connectivity index (χ1v) is 10.8. The molecule has 0 aliphatic heterocycles. The number of benzene rings is 1. The van der Waals surface area contributed by atoms with E-state index in [1.54, 1.807) is 11.3 Å². The van der Waals surface area contributed by atoms with E-state index in [0.29, 0.717) is 25.0 Å². The van der Waals surface area contributed by atoms with Gasteiger partial charge in [-0.15, -0.1) is 11.3 Å². The standard InChI is InChI=1S/C23H28N2O2S/c1-23(2,3)16-10-12-17(13-11-16)27-14-6-9-21(26)25-22-19(15-24)18-7-4-5-8-20(18)28-22/h10-13H,4-9,14H2,1-3H3,(H,25,26). The predicted octanol–water partition coefficient (Wildman–Crippen LogP) is 5.59. The molecule has 0 radical (unpaired) electrons. The van der Waals surface area contributed by atoms with Crippen LogP contribution in [0.3, 0.4) is 0 Å². The Morgan fingerprint density at radius 1 is 1.21 bits per heavy atom. The number of nitriles is 1. The molecular formula is C23H28N2O2S. The van der Waals surface area contributed by atoms with Crippen molar-refractivity contribution in [2.75, 3.05) is 11.9 Å². The minimum atomic E-state index is -0.0539. The number of rotatable bonds is 6. The highest BCUT2D eigenvalue weighted by Crippen LogP contribution is 2.37. The van der Waals surface area contributed by atoms with E-state index in [2.05, 4.69) is 44.3 Å². The van der Waals surface area contributed by atoms with Crippen LogP contribution in [0.2, 0.25) is 0 Å². The molecule has 28 heavy (non-hydrogen) atoms. The number of hydrogen-bond donors (Lipinski definition) is 1. The summed E-state index contributed by atoms with van der Waals surface area (Å²) in [6, 6.07) is 10.4. The lowest BCUT2D eigenvalue weighted by Crippen LogP contribution is -2.13. The molecule has 0 bridgehead atoms. The van der Waals surface area contributed by atoms with Crippen LogP contribution in [-0.2, 0) is 23.1 Å². The average molecular weight is 397 g/mol. The van der Waals surface area contributed by atoms with Gasteiger partial charge in [-0.3, -0.25) is 4.79 Å². The molecule has 1 aromatic heterocycles. The molecule has 1 heterocycles. The lowest BCUT2D eigenvalue weighted by atomic mass is 9.87. The normalized spacial score (nSPS) is 13.5. The first-order chi connectivity index (χ1) is 13.4. The number of anilines is 1. The maximum Gasteiger partial charge on any atom is 0.225 e. The third kappa shape index (κ3) is 4.94. The van der Waals surface area contributed by atoms with E-state index >= 15 is 0 Å². The van der Waals surface area contributed by atoms with Crippen molar-refractivity contribution in [2.24, 2.45) is 0 Å². The van der Waals surface area contributed by atoms with Gasteiger partial charge in [0.05, 0.1) is 12.2 Å². The van der Waals surface area contributed by atoms with Crippen molar-refractivity contribution >= 4 is 22.2 Å². The fourth-order valence-electron chi connectivity index (χ4n) is 3.44. The molecule has 1 amide bonds. The summed E-state index contributed by atoms with van der Waals surface area (Å²) < 4.78 is 5.76. The summed E-state index contributed by atoms with van der Waals surface area (Å²) in [5, 5.41) is 13.1. The lowest BCUT2D eigenvalue weighted by molar-refractivity contribution is -0.116. The van der Waals surface area contributed by atoms with Gasteiger partial charge in [-0.1, -0.05) is 32.9 Å². The Morgan fingerprint density at radius 2 is 1.93 bits per heavy atom. The van der Waals surface area contributed by atoms with Crippen LogP contribution in [-0.4, -0.2) is 12.5 Å². The summed E-state index contributed by atoms with van der Waals surface area (Å²) in [4.78, 5) is 13.6.